The van der Waals surface area contributed by atoms with E-state index in [9.17, 15) is 27.2 Å². The van der Waals surface area contributed by atoms with Crippen molar-refractivity contribution in [1.29, 1.82) is 0 Å². The number of hydrogen-bond acceptors (Lipinski definition) is 2. The van der Waals surface area contributed by atoms with Gasteiger partial charge in [-0.05, 0) is 23.3 Å². The molecule has 0 saturated heterocycles. The van der Waals surface area contributed by atoms with E-state index in [0.29, 0.717) is 12.1 Å². The van der Waals surface area contributed by atoms with Crippen LogP contribution in [0.25, 0.3) is 0 Å². The van der Waals surface area contributed by atoms with Gasteiger partial charge in [-0.3, -0.25) is 9.59 Å². The van der Waals surface area contributed by atoms with E-state index in [2.05, 4.69) is 0 Å². The van der Waals surface area contributed by atoms with Crippen LogP contribution >= 0.6 is 0 Å². The molecule has 0 unspecified atom stereocenters. The second kappa shape index (κ2) is 8.66. The molecule has 0 aliphatic carbocycles. The maximum Gasteiger partial charge on any atom is 0.307 e. The molecule has 2 aromatic rings. The van der Waals surface area contributed by atoms with Gasteiger partial charge in [0, 0.05) is 12.1 Å². The molecule has 0 heterocycles. The monoisotopic (exact) mass is 344 g/mol. The van der Waals surface area contributed by atoms with Crippen LogP contribution in [0.2, 0.25) is 0 Å². The summed E-state index contributed by atoms with van der Waals surface area (Å²) in [5, 5.41) is 16.6. The molecule has 8 heteroatoms. The Morgan fingerprint density at radius 2 is 1.04 bits per heavy atom. The van der Waals surface area contributed by atoms with Crippen molar-refractivity contribution >= 4 is 11.9 Å². The number of benzene rings is 2. The zero-order valence-electron chi connectivity index (χ0n) is 12.1. The Morgan fingerprint density at radius 3 is 1.29 bits per heavy atom. The fourth-order valence-corrected chi connectivity index (χ4v) is 1.66. The predicted molar refractivity (Wildman–Crippen MR) is 75.4 cm³/mol. The van der Waals surface area contributed by atoms with E-state index >= 15 is 0 Å². The molecule has 0 amide bonds. The van der Waals surface area contributed by atoms with Gasteiger partial charge in [-0.1, -0.05) is 12.1 Å². The van der Waals surface area contributed by atoms with Crippen molar-refractivity contribution in [1.82, 2.24) is 0 Å². The summed E-state index contributed by atoms with van der Waals surface area (Å²) in [7, 11) is 0. The first-order chi connectivity index (χ1) is 11.2. The first-order valence-corrected chi connectivity index (χ1v) is 6.50. The van der Waals surface area contributed by atoms with Crippen LogP contribution in [0.15, 0.2) is 36.4 Å². The standard InChI is InChI=1S/2C8H6F2O2/c2*9-6-2-1-5(3-8(11)12)7(10)4-6/h2*1-2,4H,3H2,(H,11,12). The summed E-state index contributed by atoms with van der Waals surface area (Å²) >= 11 is 0. The quantitative estimate of drug-likeness (QED) is 0.836. The average Bonchev–Trinajstić information content (AvgIpc) is 2.45. The number of carboxylic acids is 2. The summed E-state index contributed by atoms with van der Waals surface area (Å²) in [6, 6.07) is 5.64. The summed E-state index contributed by atoms with van der Waals surface area (Å²) in [5.74, 6) is -5.33. The predicted octanol–water partition coefficient (Wildman–Crippen LogP) is 3.18. The maximum absolute atomic E-state index is 12.7. The molecule has 2 aromatic carbocycles. The molecule has 4 nitrogen and oxygen atoms in total. The second-order valence-electron chi connectivity index (χ2n) is 4.61. The van der Waals surface area contributed by atoms with Gasteiger partial charge in [-0.25, -0.2) is 17.6 Å². The number of carboxylic acid groups (broad SMARTS) is 2. The van der Waals surface area contributed by atoms with Crippen LogP contribution in [0, 0.1) is 23.3 Å². The summed E-state index contributed by atoms with van der Waals surface area (Å²) in [6.45, 7) is 0. The molecule has 0 fully saturated rings. The molecule has 128 valence electrons. The Labute approximate surface area is 134 Å². The Kier molecular flexibility index (Phi) is 6.91. The Balaban J connectivity index is 0.000000240. The molecule has 0 aromatic heterocycles. The molecular weight excluding hydrogens is 332 g/mol. The minimum absolute atomic E-state index is 0.0103. The number of hydrogen-bond donors (Lipinski definition) is 2. The van der Waals surface area contributed by atoms with Gasteiger partial charge in [0.25, 0.3) is 0 Å². The molecule has 0 atom stereocenters. The molecule has 0 aliphatic heterocycles. The minimum atomic E-state index is -1.14. The molecule has 2 N–H and O–H groups in total. The molecule has 0 radical (unpaired) electrons. The van der Waals surface area contributed by atoms with Crippen molar-refractivity contribution < 1.29 is 37.4 Å². The summed E-state index contributed by atoms with van der Waals surface area (Å²) < 4.78 is 50.0. The van der Waals surface area contributed by atoms with Crippen LogP contribution in [0.4, 0.5) is 17.6 Å². The van der Waals surface area contributed by atoms with E-state index in [0.717, 1.165) is 24.3 Å². The zero-order valence-corrected chi connectivity index (χ0v) is 12.1. The van der Waals surface area contributed by atoms with Gasteiger partial charge in [-0.2, -0.15) is 0 Å². The lowest BCUT2D eigenvalue weighted by Gasteiger charge is -1.98. The number of carbonyl (C=O) groups is 2. The van der Waals surface area contributed by atoms with Gasteiger partial charge in [0.15, 0.2) is 0 Å². The second-order valence-corrected chi connectivity index (χ2v) is 4.61. The minimum Gasteiger partial charge on any atom is -0.481 e. The number of aliphatic carboxylic acids is 2. The molecule has 0 saturated carbocycles. The Bertz CT molecular complexity index is 683. The van der Waals surface area contributed by atoms with E-state index in [1.807, 2.05) is 0 Å². The Morgan fingerprint density at radius 1 is 0.708 bits per heavy atom. The van der Waals surface area contributed by atoms with Crippen LogP contribution in [0.1, 0.15) is 11.1 Å². The lowest BCUT2D eigenvalue weighted by Crippen LogP contribution is -2.02. The molecule has 0 spiro atoms. The van der Waals surface area contributed by atoms with E-state index < -0.39 is 48.0 Å². The van der Waals surface area contributed by atoms with Crippen molar-refractivity contribution in [2.75, 3.05) is 0 Å². The summed E-state index contributed by atoms with van der Waals surface area (Å²) in [5.41, 5.74) is -0.0206. The number of halogens is 4. The van der Waals surface area contributed by atoms with Crippen LogP contribution < -0.4 is 0 Å². The average molecular weight is 344 g/mol. The van der Waals surface area contributed by atoms with Crippen LogP contribution in [-0.4, -0.2) is 22.2 Å². The van der Waals surface area contributed by atoms with Crippen molar-refractivity contribution in [3.05, 3.63) is 70.8 Å². The van der Waals surface area contributed by atoms with E-state index in [-0.39, 0.29) is 11.1 Å². The normalized spacial score (nSPS) is 9.83. The molecule has 24 heavy (non-hydrogen) atoms. The number of rotatable bonds is 4. The van der Waals surface area contributed by atoms with E-state index in [1.165, 1.54) is 0 Å². The Hall–Kier alpha value is -2.90. The third kappa shape index (κ3) is 6.47. The SMILES string of the molecule is O=C(O)Cc1ccc(F)cc1F.O=C(O)Cc1ccc(F)cc1F. The van der Waals surface area contributed by atoms with Crippen molar-refractivity contribution in [3.8, 4) is 0 Å². The van der Waals surface area contributed by atoms with Gasteiger partial charge in [-0.15, -0.1) is 0 Å². The molecular formula is C16H12F4O4. The third-order valence-electron chi connectivity index (χ3n) is 2.71. The zero-order chi connectivity index (χ0) is 18.3. The lowest BCUT2D eigenvalue weighted by atomic mass is 10.1. The maximum atomic E-state index is 12.7. The van der Waals surface area contributed by atoms with Gasteiger partial charge in [0.1, 0.15) is 23.3 Å². The van der Waals surface area contributed by atoms with Gasteiger partial charge >= 0.3 is 11.9 Å². The molecule has 0 bridgehead atoms. The fourth-order valence-electron chi connectivity index (χ4n) is 1.66. The van der Waals surface area contributed by atoms with Crippen LogP contribution in [0.5, 0.6) is 0 Å². The van der Waals surface area contributed by atoms with Gasteiger partial charge in [0.05, 0.1) is 12.8 Å². The first-order valence-electron chi connectivity index (χ1n) is 6.50. The van der Waals surface area contributed by atoms with Crippen molar-refractivity contribution in [2.24, 2.45) is 0 Å². The highest BCUT2D eigenvalue weighted by atomic mass is 19.1. The highest BCUT2D eigenvalue weighted by molar-refractivity contribution is 5.70. The van der Waals surface area contributed by atoms with Crippen LogP contribution in [0.3, 0.4) is 0 Å². The smallest absolute Gasteiger partial charge is 0.307 e. The van der Waals surface area contributed by atoms with E-state index in [4.69, 9.17) is 10.2 Å². The van der Waals surface area contributed by atoms with Crippen molar-refractivity contribution in [3.63, 3.8) is 0 Å². The highest BCUT2D eigenvalue weighted by Crippen LogP contribution is 2.10. The molecule has 0 aliphatic rings. The van der Waals surface area contributed by atoms with Gasteiger partial charge in [0.2, 0.25) is 0 Å². The van der Waals surface area contributed by atoms with Crippen LogP contribution in [-0.2, 0) is 22.4 Å². The third-order valence-corrected chi connectivity index (χ3v) is 2.71. The fraction of sp³-hybridized carbons (Fsp3) is 0.125. The van der Waals surface area contributed by atoms with Gasteiger partial charge < -0.3 is 10.2 Å². The lowest BCUT2D eigenvalue weighted by molar-refractivity contribution is -0.137. The van der Waals surface area contributed by atoms with Crippen molar-refractivity contribution in [2.45, 2.75) is 12.8 Å². The van der Waals surface area contributed by atoms with E-state index in [1.54, 1.807) is 0 Å². The summed E-state index contributed by atoms with van der Waals surface area (Å²) in [6.07, 6.45) is -0.849. The highest BCUT2D eigenvalue weighted by Gasteiger charge is 2.07. The topological polar surface area (TPSA) is 74.6 Å². The molecule has 2 rings (SSSR count). The largest absolute Gasteiger partial charge is 0.481 e. The first kappa shape index (κ1) is 19.1. The summed E-state index contributed by atoms with van der Waals surface area (Å²) in [4.78, 5) is 20.3.